The smallest absolute Gasteiger partial charge is 0.224 e. The van der Waals surface area contributed by atoms with Crippen LogP contribution in [0.3, 0.4) is 0 Å². The SMILES string of the molecule is O=C(CCc1ncc(-c2ccccc2)o1)Nc1cccc(N2CCCCC2)c1. The van der Waals surface area contributed by atoms with E-state index in [-0.39, 0.29) is 5.91 Å². The van der Waals surface area contributed by atoms with Crippen LogP contribution in [0.25, 0.3) is 11.3 Å². The lowest BCUT2D eigenvalue weighted by Crippen LogP contribution is -2.29. The third-order valence-corrected chi connectivity index (χ3v) is 5.03. The van der Waals surface area contributed by atoms with Gasteiger partial charge in [-0.05, 0) is 37.5 Å². The van der Waals surface area contributed by atoms with Gasteiger partial charge in [-0.25, -0.2) is 4.98 Å². The quantitative estimate of drug-likeness (QED) is 0.665. The molecule has 1 aromatic heterocycles. The van der Waals surface area contributed by atoms with Crippen LogP contribution in [0.15, 0.2) is 65.2 Å². The van der Waals surface area contributed by atoms with Gasteiger partial charge in [-0.15, -0.1) is 0 Å². The highest BCUT2D eigenvalue weighted by Gasteiger charge is 2.12. The fourth-order valence-corrected chi connectivity index (χ4v) is 3.54. The Bertz CT molecular complexity index is 914. The van der Waals surface area contributed by atoms with Gasteiger partial charge in [-0.3, -0.25) is 4.79 Å². The first-order valence-electron chi connectivity index (χ1n) is 9.93. The van der Waals surface area contributed by atoms with Crippen molar-refractivity contribution in [2.45, 2.75) is 32.1 Å². The van der Waals surface area contributed by atoms with E-state index in [0.717, 1.165) is 30.1 Å². The van der Waals surface area contributed by atoms with Crippen LogP contribution in [-0.4, -0.2) is 24.0 Å². The Labute approximate surface area is 165 Å². The molecule has 0 aliphatic carbocycles. The van der Waals surface area contributed by atoms with Crippen molar-refractivity contribution in [3.63, 3.8) is 0 Å². The molecule has 1 N–H and O–H groups in total. The Morgan fingerprint density at radius 1 is 1.04 bits per heavy atom. The number of carbonyl (C=O) groups excluding carboxylic acids is 1. The largest absolute Gasteiger partial charge is 0.441 e. The molecule has 2 aromatic carbocycles. The number of hydrogen-bond acceptors (Lipinski definition) is 4. The third kappa shape index (κ3) is 4.60. The minimum atomic E-state index is -0.0322. The molecule has 5 nitrogen and oxygen atoms in total. The lowest BCUT2D eigenvalue weighted by atomic mass is 10.1. The van der Waals surface area contributed by atoms with E-state index >= 15 is 0 Å². The number of aryl methyl sites for hydroxylation is 1. The molecule has 0 radical (unpaired) electrons. The Balaban J connectivity index is 1.32. The van der Waals surface area contributed by atoms with Gasteiger partial charge in [0.05, 0.1) is 6.20 Å². The normalized spacial score (nSPS) is 14.1. The van der Waals surface area contributed by atoms with E-state index in [9.17, 15) is 4.79 Å². The molecule has 1 fully saturated rings. The van der Waals surface area contributed by atoms with Crippen LogP contribution >= 0.6 is 0 Å². The van der Waals surface area contributed by atoms with Crippen molar-refractivity contribution in [3.05, 3.63) is 66.7 Å². The zero-order valence-electron chi connectivity index (χ0n) is 15.9. The highest BCUT2D eigenvalue weighted by atomic mass is 16.4. The van der Waals surface area contributed by atoms with Crippen LogP contribution in [0.1, 0.15) is 31.6 Å². The third-order valence-electron chi connectivity index (χ3n) is 5.03. The Morgan fingerprint density at radius 2 is 1.86 bits per heavy atom. The molecule has 1 aliphatic heterocycles. The fourth-order valence-electron chi connectivity index (χ4n) is 3.54. The van der Waals surface area contributed by atoms with Gasteiger partial charge in [-0.1, -0.05) is 36.4 Å². The van der Waals surface area contributed by atoms with Crippen LogP contribution in [0.2, 0.25) is 0 Å². The first-order chi connectivity index (χ1) is 13.8. The number of benzene rings is 2. The summed E-state index contributed by atoms with van der Waals surface area (Å²) in [6, 6.07) is 17.9. The highest BCUT2D eigenvalue weighted by Crippen LogP contribution is 2.23. The average Bonchev–Trinajstić information content (AvgIpc) is 3.23. The summed E-state index contributed by atoms with van der Waals surface area (Å²) in [4.78, 5) is 19.0. The maximum absolute atomic E-state index is 12.4. The van der Waals surface area contributed by atoms with Crippen LogP contribution in [-0.2, 0) is 11.2 Å². The molecule has 1 saturated heterocycles. The molecule has 1 amide bonds. The van der Waals surface area contributed by atoms with Gasteiger partial charge in [0.2, 0.25) is 5.91 Å². The van der Waals surface area contributed by atoms with Crippen LogP contribution < -0.4 is 10.2 Å². The van der Waals surface area contributed by atoms with Crippen LogP contribution in [0.4, 0.5) is 11.4 Å². The molecule has 0 spiro atoms. The number of piperidine rings is 1. The predicted octanol–water partition coefficient (Wildman–Crippen LogP) is 4.90. The van der Waals surface area contributed by atoms with Crippen molar-refractivity contribution >= 4 is 17.3 Å². The summed E-state index contributed by atoms with van der Waals surface area (Å²) >= 11 is 0. The second-order valence-corrected chi connectivity index (χ2v) is 7.13. The van der Waals surface area contributed by atoms with E-state index in [4.69, 9.17) is 4.42 Å². The number of carbonyl (C=O) groups is 1. The number of hydrogen-bond donors (Lipinski definition) is 1. The second-order valence-electron chi connectivity index (χ2n) is 7.13. The van der Waals surface area contributed by atoms with Gasteiger partial charge in [-0.2, -0.15) is 0 Å². The molecule has 0 atom stereocenters. The summed E-state index contributed by atoms with van der Waals surface area (Å²) in [6.07, 6.45) is 6.30. The molecule has 0 unspecified atom stereocenters. The number of rotatable bonds is 6. The van der Waals surface area contributed by atoms with Crippen LogP contribution in [0, 0.1) is 0 Å². The van der Waals surface area contributed by atoms with E-state index in [1.165, 1.54) is 24.9 Å². The summed E-state index contributed by atoms with van der Waals surface area (Å²) in [5, 5.41) is 3.00. The lowest BCUT2D eigenvalue weighted by Gasteiger charge is -2.29. The zero-order valence-corrected chi connectivity index (χ0v) is 15.9. The van der Waals surface area contributed by atoms with Crippen molar-refractivity contribution < 1.29 is 9.21 Å². The van der Waals surface area contributed by atoms with Gasteiger partial charge in [0.25, 0.3) is 0 Å². The molecule has 144 valence electrons. The molecule has 28 heavy (non-hydrogen) atoms. The van der Waals surface area contributed by atoms with E-state index < -0.39 is 0 Å². The molecule has 1 aliphatic rings. The van der Waals surface area contributed by atoms with Gasteiger partial charge in [0.15, 0.2) is 11.7 Å². The van der Waals surface area contributed by atoms with Crippen molar-refractivity contribution in [2.75, 3.05) is 23.3 Å². The first-order valence-corrected chi connectivity index (χ1v) is 9.93. The molecule has 3 aromatic rings. The monoisotopic (exact) mass is 375 g/mol. The van der Waals surface area contributed by atoms with Gasteiger partial charge >= 0.3 is 0 Å². The molecular formula is C23H25N3O2. The Hall–Kier alpha value is -3.08. The number of nitrogens with zero attached hydrogens (tertiary/aromatic N) is 2. The van der Waals surface area contributed by atoms with E-state index in [2.05, 4.69) is 27.3 Å². The number of anilines is 2. The maximum Gasteiger partial charge on any atom is 0.224 e. The van der Waals surface area contributed by atoms with Crippen molar-refractivity contribution in [3.8, 4) is 11.3 Å². The minimum Gasteiger partial charge on any atom is -0.441 e. The minimum absolute atomic E-state index is 0.0322. The van der Waals surface area contributed by atoms with Gasteiger partial charge < -0.3 is 14.6 Å². The predicted molar refractivity (Wildman–Crippen MR) is 111 cm³/mol. The number of nitrogens with one attached hydrogen (secondary N) is 1. The van der Waals surface area contributed by atoms with Gasteiger partial charge in [0, 0.05) is 42.9 Å². The molecule has 5 heteroatoms. The number of aromatic nitrogens is 1. The highest BCUT2D eigenvalue weighted by molar-refractivity contribution is 5.91. The fraction of sp³-hybridized carbons (Fsp3) is 0.304. The lowest BCUT2D eigenvalue weighted by molar-refractivity contribution is -0.116. The Kier molecular flexibility index (Phi) is 5.71. The van der Waals surface area contributed by atoms with Crippen molar-refractivity contribution in [1.82, 2.24) is 4.98 Å². The van der Waals surface area contributed by atoms with E-state index in [1.54, 1.807) is 6.20 Å². The van der Waals surface area contributed by atoms with Crippen molar-refractivity contribution in [2.24, 2.45) is 0 Å². The summed E-state index contributed by atoms with van der Waals surface area (Å²) in [6.45, 7) is 2.18. The molecule has 0 saturated carbocycles. The van der Waals surface area contributed by atoms with E-state index in [1.807, 2.05) is 42.5 Å². The maximum atomic E-state index is 12.4. The Morgan fingerprint density at radius 3 is 2.68 bits per heavy atom. The summed E-state index contributed by atoms with van der Waals surface area (Å²) in [5.74, 6) is 1.27. The topological polar surface area (TPSA) is 58.4 Å². The number of oxazole rings is 1. The summed E-state index contributed by atoms with van der Waals surface area (Å²) < 4.78 is 5.77. The van der Waals surface area contributed by atoms with Crippen LogP contribution in [0.5, 0.6) is 0 Å². The molecular weight excluding hydrogens is 350 g/mol. The second kappa shape index (κ2) is 8.74. The molecule has 2 heterocycles. The number of amides is 1. The summed E-state index contributed by atoms with van der Waals surface area (Å²) in [7, 11) is 0. The molecule has 4 rings (SSSR count). The standard InChI is InChI=1S/C23H25N3O2/c27-22(12-13-23-24-17-21(28-23)18-8-3-1-4-9-18)25-19-10-7-11-20(16-19)26-14-5-2-6-15-26/h1,3-4,7-11,16-17H,2,5-6,12-15H2,(H,25,27). The van der Waals surface area contributed by atoms with E-state index in [0.29, 0.717) is 18.7 Å². The average molecular weight is 375 g/mol. The first kappa shape index (κ1) is 18.3. The molecule has 0 bridgehead atoms. The zero-order chi connectivity index (χ0) is 19.2. The summed E-state index contributed by atoms with van der Waals surface area (Å²) in [5.41, 5.74) is 3.00. The van der Waals surface area contributed by atoms with Crippen molar-refractivity contribution in [1.29, 1.82) is 0 Å². The van der Waals surface area contributed by atoms with Gasteiger partial charge in [0.1, 0.15) is 0 Å².